The van der Waals surface area contributed by atoms with E-state index in [9.17, 15) is 35.9 Å². The summed E-state index contributed by atoms with van der Waals surface area (Å²) >= 11 is 0. The van der Waals surface area contributed by atoms with Gasteiger partial charge in [0.1, 0.15) is 0 Å². The van der Waals surface area contributed by atoms with Crippen molar-refractivity contribution in [3.8, 4) is 0 Å². The van der Waals surface area contributed by atoms with Crippen LogP contribution < -0.4 is 0 Å². The van der Waals surface area contributed by atoms with Crippen LogP contribution in [0.5, 0.6) is 0 Å². The first-order chi connectivity index (χ1) is 8.73. The van der Waals surface area contributed by atoms with Crippen LogP contribution >= 0.6 is 0 Å². The Balaban J connectivity index is 0. The van der Waals surface area contributed by atoms with Crippen LogP contribution in [0.3, 0.4) is 0 Å². The number of carbonyl (C=O) groups is 2. The molecule has 0 aliphatic carbocycles. The van der Waals surface area contributed by atoms with Crippen LogP contribution in [0.4, 0.5) is 26.3 Å². The topological polar surface area (TPSA) is 63.6 Å². The third kappa shape index (κ3) is 9.00. The van der Waals surface area contributed by atoms with Crippen LogP contribution in [0.15, 0.2) is 24.8 Å². The Hall–Kier alpha value is -2.00. The number of carboxylic acid groups (broad SMARTS) is 1. The van der Waals surface area contributed by atoms with E-state index in [4.69, 9.17) is 5.11 Å². The number of carbonyl (C=O) groups excluding carboxylic acids is 1. The predicted molar refractivity (Wildman–Crippen MR) is 54.6 cm³/mol. The van der Waals surface area contributed by atoms with Gasteiger partial charge in [0.2, 0.25) is 0 Å². The second kappa shape index (κ2) is 7.56. The zero-order chi connectivity index (χ0) is 16.7. The van der Waals surface area contributed by atoms with Gasteiger partial charge in [-0.1, -0.05) is 13.2 Å². The summed E-state index contributed by atoms with van der Waals surface area (Å²) in [6.45, 7) is 6.76. The smallest absolute Gasteiger partial charge is 0.434 e. The SMILES string of the molecule is C=C(C)C(=O)OC(C(F)(F)F)C(F)(F)F.C=CC(=O)O. The maximum Gasteiger partial charge on any atom is 0.434 e. The molecule has 0 aromatic rings. The Morgan fingerprint density at radius 1 is 1.15 bits per heavy atom. The first-order valence-corrected chi connectivity index (χ1v) is 4.58. The van der Waals surface area contributed by atoms with E-state index in [1.807, 2.05) is 0 Å². The molecule has 0 radical (unpaired) electrons. The number of ether oxygens (including phenoxy) is 1. The number of rotatable bonds is 3. The highest BCUT2D eigenvalue weighted by Crippen LogP contribution is 2.35. The van der Waals surface area contributed by atoms with Gasteiger partial charge in [-0.05, 0) is 6.92 Å². The quantitative estimate of drug-likeness (QED) is 0.495. The summed E-state index contributed by atoms with van der Waals surface area (Å²) in [4.78, 5) is 19.8. The molecule has 116 valence electrons. The molecule has 4 nitrogen and oxygen atoms in total. The zero-order valence-electron chi connectivity index (χ0n) is 10.0. The van der Waals surface area contributed by atoms with E-state index in [0.717, 1.165) is 13.0 Å². The molecule has 0 aliphatic rings. The third-order valence-electron chi connectivity index (χ3n) is 1.34. The van der Waals surface area contributed by atoms with Gasteiger partial charge in [-0.2, -0.15) is 26.3 Å². The summed E-state index contributed by atoms with van der Waals surface area (Å²) < 4.78 is 74.1. The van der Waals surface area contributed by atoms with Crippen LogP contribution in [0, 0.1) is 0 Å². The van der Waals surface area contributed by atoms with Crippen LogP contribution in [0.25, 0.3) is 0 Å². The molecular formula is C10H10F6O4. The normalized spacial score (nSPS) is 11.2. The molecule has 0 atom stereocenters. The molecule has 20 heavy (non-hydrogen) atoms. The molecule has 10 heteroatoms. The highest BCUT2D eigenvalue weighted by atomic mass is 19.4. The van der Waals surface area contributed by atoms with Gasteiger partial charge in [0, 0.05) is 11.6 Å². The van der Waals surface area contributed by atoms with Crippen LogP contribution in [0.1, 0.15) is 6.92 Å². The molecule has 0 heterocycles. The standard InChI is InChI=1S/C7H6F6O2.C3H4O2/c1-3(2)4(14)15-5(6(8,9)10)7(11,12)13;1-2-3(4)5/h5H,1H2,2H3;2H,1H2,(H,4,5). The fourth-order valence-corrected chi connectivity index (χ4v) is 0.527. The fraction of sp³-hybridized carbons (Fsp3) is 0.400. The van der Waals surface area contributed by atoms with E-state index >= 15 is 0 Å². The van der Waals surface area contributed by atoms with Crippen molar-refractivity contribution in [3.05, 3.63) is 24.8 Å². The van der Waals surface area contributed by atoms with Crippen molar-refractivity contribution >= 4 is 11.9 Å². The molecule has 1 N–H and O–H groups in total. The van der Waals surface area contributed by atoms with Crippen molar-refractivity contribution in [3.63, 3.8) is 0 Å². The van der Waals surface area contributed by atoms with Crippen molar-refractivity contribution < 1.29 is 45.8 Å². The van der Waals surface area contributed by atoms with Crippen molar-refractivity contribution in [1.29, 1.82) is 0 Å². The monoisotopic (exact) mass is 308 g/mol. The summed E-state index contributed by atoms with van der Waals surface area (Å²) in [6, 6.07) is 0. The molecule has 0 aromatic heterocycles. The second-order valence-electron chi connectivity index (χ2n) is 3.19. The molecule has 0 bridgehead atoms. The lowest BCUT2D eigenvalue weighted by Crippen LogP contribution is -2.45. The van der Waals surface area contributed by atoms with Crippen LogP contribution in [-0.4, -0.2) is 35.5 Å². The van der Waals surface area contributed by atoms with Gasteiger partial charge in [0.25, 0.3) is 6.10 Å². The first-order valence-electron chi connectivity index (χ1n) is 4.58. The highest BCUT2D eigenvalue weighted by molar-refractivity contribution is 5.87. The maximum absolute atomic E-state index is 11.8. The third-order valence-corrected chi connectivity index (χ3v) is 1.34. The molecule has 0 saturated carbocycles. The van der Waals surface area contributed by atoms with E-state index in [1.165, 1.54) is 0 Å². The van der Waals surface area contributed by atoms with E-state index in [0.29, 0.717) is 0 Å². The molecule has 0 rings (SSSR count). The zero-order valence-corrected chi connectivity index (χ0v) is 10.0. The first kappa shape index (κ1) is 20.3. The lowest BCUT2D eigenvalue weighted by molar-refractivity contribution is -0.312. The molecule has 0 amide bonds. The van der Waals surface area contributed by atoms with E-state index in [1.54, 1.807) is 0 Å². The van der Waals surface area contributed by atoms with Gasteiger partial charge >= 0.3 is 24.3 Å². The summed E-state index contributed by atoms with van der Waals surface area (Å²) in [7, 11) is 0. The number of halogens is 6. The number of hydrogen-bond donors (Lipinski definition) is 1. The minimum atomic E-state index is -5.69. The number of esters is 1. The molecule has 0 aromatic carbocycles. The summed E-state index contributed by atoms with van der Waals surface area (Å²) in [5, 5.41) is 7.60. The van der Waals surface area contributed by atoms with Gasteiger partial charge in [0.15, 0.2) is 0 Å². The maximum atomic E-state index is 11.8. The van der Waals surface area contributed by atoms with Crippen molar-refractivity contribution in [1.82, 2.24) is 0 Å². The lowest BCUT2D eigenvalue weighted by atomic mass is 10.3. The van der Waals surface area contributed by atoms with Crippen LogP contribution in [-0.2, 0) is 14.3 Å². The molecule has 0 fully saturated rings. The number of alkyl halides is 6. The van der Waals surface area contributed by atoms with Gasteiger partial charge in [0.05, 0.1) is 0 Å². The number of aliphatic carboxylic acids is 1. The van der Waals surface area contributed by atoms with Gasteiger partial charge in [-0.3, -0.25) is 0 Å². The highest BCUT2D eigenvalue weighted by Gasteiger charge is 2.59. The lowest BCUT2D eigenvalue weighted by Gasteiger charge is -2.22. The largest absolute Gasteiger partial charge is 0.478 e. The van der Waals surface area contributed by atoms with Crippen molar-refractivity contribution in [2.45, 2.75) is 25.4 Å². The fourth-order valence-electron chi connectivity index (χ4n) is 0.527. The van der Waals surface area contributed by atoms with Crippen molar-refractivity contribution in [2.24, 2.45) is 0 Å². The minimum absolute atomic E-state index is 0.548. The summed E-state index contributed by atoms with van der Waals surface area (Å²) in [6.07, 6.45) is -14.7. The molecule has 0 saturated heterocycles. The van der Waals surface area contributed by atoms with Gasteiger partial charge < -0.3 is 9.84 Å². The Morgan fingerprint density at radius 2 is 1.45 bits per heavy atom. The molecule has 0 aliphatic heterocycles. The molecule has 0 unspecified atom stereocenters. The second-order valence-corrected chi connectivity index (χ2v) is 3.19. The molecule has 0 spiro atoms. The summed E-state index contributed by atoms with van der Waals surface area (Å²) in [5.74, 6) is -2.72. The Bertz CT molecular complexity index is 368. The number of hydrogen-bond acceptors (Lipinski definition) is 3. The minimum Gasteiger partial charge on any atom is -0.478 e. The van der Waals surface area contributed by atoms with Crippen molar-refractivity contribution in [2.75, 3.05) is 0 Å². The summed E-state index contributed by atoms with van der Waals surface area (Å²) in [5.41, 5.74) is -0.548. The average molecular weight is 308 g/mol. The average Bonchev–Trinajstić information content (AvgIpc) is 2.22. The van der Waals surface area contributed by atoms with E-state index in [2.05, 4.69) is 17.9 Å². The van der Waals surface area contributed by atoms with Gasteiger partial charge in [-0.15, -0.1) is 0 Å². The Labute approximate surface area is 109 Å². The van der Waals surface area contributed by atoms with E-state index in [-0.39, 0.29) is 0 Å². The Morgan fingerprint density at radius 3 is 1.60 bits per heavy atom. The predicted octanol–water partition coefficient (Wildman–Crippen LogP) is 2.86. The molecular weight excluding hydrogens is 298 g/mol. The number of carboxylic acids is 1. The van der Waals surface area contributed by atoms with Crippen LogP contribution in [0.2, 0.25) is 0 Å². The Kier molecular flexibility index (Phi) is 7.68. The van der Waals surface area contributed by atoms with Gasteiger partial charge in [-0.25, -0.2) is 9.59 Å². The van der Waals surface area contributed by atoms with E-state index < -0.39 is 36.0 Å².